The average Bonchev–Trinajstić information content (AvgIpc) is 3.31. The summed E-state index contributed by atoms with van der Waals surface area (Å²) in [7, 11) is 3.15. The zero-order chi connectivity index (χ0) is 22.6. The molecule has 0 saturated carbocycles. The van der Waals surface area contributed by atoms with Gasteiger partial charge in [0.2, 0.25) is 6.79 Å². The maximum absolute atomic E-state index is 13.2. The fourth-order valence-corrected chi connectivity index (χ4v) is 4.39. The molecule has 2 aliphatic heterocycles. The highest BCUT2D eigenvalue weighted by Gasteiger charge is 2.36. The van der Waals surface area contributed by atoms with Crippen LogP contribution in [0.5, 0.6) is 23.0 Å². The minimum Gasteiger partial charge on any atom is -0.493 e. The van der Waals surface area contributed by atoms with Gasteiger partial charge in [-0.25, -0.2) is 0 Å². The van der Waals surface area contributed by atoms with Crippen molar-refractivity contribution < 1.29 is 28.5 Å². The second kappa shape index (κ2) is 9.53. The highest BCUT2D eigenvalue weighted by Crippen LogP contribution is 2.41. The van der Waals surface area contributed by atoms with E-state index in [4.69, 9.17) is 23.7 Å². The first-order chi connectivity index (χ1) is 15.6. The third-order valence-corrected chi connectivity index (χ3v) is 6.20. The lowest BCUT2D eigenvalue weighted by Crippen LogP contribution is -2.44. The summed E-state index contributed by atoms with van der Waals surface area (Å²) >= 11 is 0. The molecule has 2 heterocycles. The molecule has 2 aromatic rings. The Kier molecular flexibility index (Phi) is 6.55. The van der Waals surface area contributed by atoms with Crippen LogP contribution in [0.1, 0.15) is 34.3 Å². The first kappa shape index (κ1) is 22.0. The van der Waals surface area contributed by atoms with Gasteiger partial charge in [-0.1, -0.05) is 12.1 Å². The summed E-state index contributed by atoms with van der Waals surface area (Å²) in [5, 5.41) is 3.15. The summed E-state index contributed by atoms with van der Waals surface area (Å²) in [6.07, 6.45) is 3.95. The largest absolute Gasteiger partial charge is 0.493 e. The molecule has 7 nitrogen and oxygen atoms in total. The van der Waals surface area contributed by atoms with E-state index in [1.807, 2.05) is 18.2 Å². The van der Waals surface area contributed by atoms with Crippen LogP contribution < -0.4 is 24.3 Å². The van der Waals surface area contributed by atoms with E-state index in [2.05, 4.69) is 18.0 Å². The number of methoxy groups -OCH3 is 2. The fraction of sp³-hybridized carbons (Fsp3) is 0.400. The van der Waals surface area contributed by atoms with E-state index < -0.39 is 0 Å². The number of ether oxygens (including phenoxy) is 5. The van der Waals surface area contributed by atoms with Gasteiger partial charge in [0.25, 0.3) is 5.91 Å². The molecular formula is C25H29NO6. The SMILES string of the molecule is C=CCc1cc(C(=O)NCC2(c3ccc4c(c3)OCO4)CCOCC2)cc(OC)c1OC. The van der Waals surface area contributed by atoms with Gasteiger partial charge in [-0.3, -0.25) is 4.79 Å². The molecule has 2 aromatic carbocycles. The predicted octanol–water partition coefficient (Wildman–Crippen LogP) is 3.64. The van der Waals surface area contributed by atoms with Crippen LogP contribution in [0.2, 0.25) is 0 Å². The fourth-order valence-electron chi connectivity index (χ4n) is 4.39. The van der Waals surface area contributed by atoms with E-state index in [-0.39, 0.29) is 18.1 Å². The maximum atomic E-state index is 13.2. The zero-order valence-electron chi connectivity index (χ0n) is 18.6. The topological polar surface area (TPSA) is 75.3 Å². The smallest absolute Gasteiger partial charge is 0.251 e. The van der Waals surface area contributed by atoms with Crippen molar-refractivity contribution in [3.8, 4) is 23.0 Å². The normalized spacial score (nSPS) is 16.3. The molecule has 1 fully saturated rings. The highest BCUT2D eigenvalue weighted by molar-refractivity contribution is 5.95. The molecule has 0 bridgehead atoms. The van der Waals surface area contributed by atoms with E-state index in [1.165, 1.54) is 0 Å². The Morgan fingerprint density at radius 3 is 2.62 bits per heavy atom. The standard InChI is InChI=1S/C25H29NO6/c1-4-5-17-12-18(13-22(28-2)23(17)29-3)24(27)26-15-25(8-10-30-11-9-25)19-6-7-20-21(14-19)32-16-31-20/h4,6-7,12-14H,1,5,8-11,15-16H2,2-3H3,(H,26,27). The van der Waals surface area contributed by atoms with Gasteiger partial charge in [-0.15, -0.1) is 6.58 Å². The van der Waals surface area contributed by atoms with Gasteiger partial charge < -0.3 is 29.0 Å². The van der Waals surface area contributed by atoms with Crippen molar-refractivity contribution in [1.29, 1.82) is 0 Å². The van der Waals surface area contributed by atoms with Crippen LogP contribution in [0.4, 0.5) is 0 Å². The van der Waals surface area contributed by atoms with Gasteiger partial charge >= 0.3 is 0 Å². The van der Waals surface area contributed by atoms with Crippen molar-refractivity contribution in [3.05, 3.63) is 59.7 Å². The molecule has 1 saturated heterocycles. The number of fused-ring (bicyclic) bond motifs is 1. The molecule has 0 aliphatic carbocycles. The molecule has 170 valence electrons. The molecule has 0 unspecified atom stereocenters. The lowest BCUT2D eigenvalue weighted by Gasteiger charge is -2.38. The van der Waals surface area contributed by atoms with Gasteiger partial charge in [-0.05, 0) is 49.1 Å². The van der Waals surface area contributed by atoms with E-state index >= 15 is 0 Å². The number of rotatable bonds is 8. The molecule has 2 aliphatic rings. The Labute approximate surface area is 188 Å². The lowest BCUT2D eigenvalue weighted by molar-refractivity contribution is 0.0486. The Morgan fingerprint density at radius 1 is 1.12 bits per heavy atom. The first-order valence-corrected chi connectivity index (χ1v) is 10.7. The van der Waals surface area contributed by atoms with Crippen LogP contribution in [0, 0.1) is 0 Å². The van der Waals surface area contributed by atoms with Crippen molar-refractivity contribution >= 4 is 5.91 Å². The Balaban J connectivity index is 1.58. The minimum absolute atomic E-state index is 0.164. The van der Waals surface area contributed by atoms with Crippen LogP contribution in [-0.4, -0.2) is 46.7 Å². The summed E-state index contributed by atoms with van der Waals surface area (Å²) in [4.78, 5) is 13.2. The summed E-state index contributed by atoms with van der Waals surface area (Å²) in [5.74, 6) is 2.47. The Bertz CT molecular complexity index is 996. The van der Waals surface area contributed by atoms with Crippen LogP contribution >= 0.6 is 0 Å². The summed E-state index contributed by atoms with van der Waals surface area (Å²) < 4.78 is 27.6. The molecule has 1 N–H and O–H groups in total. The third kappa shape index (κ3) is 4.25. The van der Waals surface area contributed by atoms with E-state index in [9.17, 15) is 4.79 Å². The molecule has 4 rings (SSSR count). The highest BCUT2D eigenvalue weighted by atomic mass is 16.7. The van der Waals surface area contributed by atoms with Crippen molar-refractivity contribution in [2.45, 2.75) is 24.7 Å². The van der Waals surface area contributed by atoms with Crippen molar-refractivity contribution in [3.63, 3.8) is 0 Å². The predicted molar refractivity (Wildman–Crippen MR) is 120 cm³/mol. The monoisotopic (exact) mass is 439 g/mol. The van der Waals surface area contributed by atoms with Crippen LogP contribution in [0.25, 0.3) is 0 Å². The Hall–Kier alpha value is -3.19. The van der Waals surface area contributed by atoms with Crippen LogP contribution in [-0.2, 0) is 16.6 Å². The second-order valence-corrected chi connectivity index (χ2v) is 8.01. The van der Waals surface area contributed by atoms with Crippen LogP contribution in [0.3, 0.4) is 0 Å². The minimum atomic E-state index is -0.241. The summed E-state index contributed by atoms with van der Waals surface area (Å²) in [6, 6.07) is 9.56. The quantitative estimate of drug-likeness (QED) is 0.633. The van der Waals surface area contributed by atoms with E-state index in [0.29, 0.717) is 43.2 Å². The lowest BCUT2D eigenvalue weighted by atomic mass is 9.74. The molecule has 0 spiro atoms. The van der Waals surface area contributed by atoms with E-state index in [1.54, 1.807) is 26.4 Å². The second-order valence-electron chi connectivity index (χ2n) is 8.01. The van der Waals surface area contributed by atoms with Crippen molar-refractivity contribution in [2.75, 3.05) is 40.8 Å². The summed E-state index contributed by atoms with van der Waals surface area (Å²) in [5.41, 5.74) is 2.25. The summed E-state index contributed by atoms with van der Waals surface area (Å²) in [6.45, 7) is 5.80. The number of carbonyl (C=O) groups is 1. The van der Waals surface area contributed by atoms with Gasteiger partial charge in [0.1, 0.15) is 0 Å². The number of carbonyl (C=O) groups excluding carboxylic acids is 1. The zero-order valence-corrected chi connectivity index (χ0v) is 18.6. The Morgan fingerprint density at radius 2 is 1.91 bits per heavy atom. The number of benzene rings is 2. The maximum Gasteiger partial charge on any atom is 0.251 e. The molecule has 1 amide bonds. The van der Waals surface area contributed by atoms with Gasteiger partial charge in [0.05, 0.1) is 14.2 Å². The van der Waals surface area contributed by atoms with Gasteiger partial charge in [0.15, 0.2) is 23.0 Å². The van der Waals surface area contributed by atoms with Crippen molar-refractivity contribution in [2.24, 2.45) is 0 Å². The molecule has 0 aromatic heterocycles. The number of hydrogen-bond acceptors (Lipinski definition) is 6. The number of hydrogen-bond donors (Lipinski definition) is 1. The molecule has 32 heavy (non-hydrogen) atoms. The average molecular weight is 440 g/mol. The molecule has 0 atom stereocenters. The van der Waals surface area contributed by atoms with Crippen molar-refractivity contribution in [1.82, 2.24) is 5.32 Å². The molecule has 0 radical (unpaired) electrons. The first-order valence-electron chi connectivity index (χ1n) is 10.7. The molecular weight excluding hydrogens is 410 g/mol. The third-order valence-electron chi connectivity index (χ3n) is 6.20. The van der Waals surface area contributed by atoms with Gasteiger partial charge in [-0.2, -0.15) is 0 Å². The van der Waals surface area contributed by atoms with Crippen LogP contribution in [0.15, 0.2) is 43.0 Å². The number of amides is 1. The van der Waals surface area contributed by atoms with Gasteiger partial charge in [0, 0.05) is 36.3 Å². The van der Waals surface area contributed by atoms with E-state index in [0.717, 1.165) is 35.5 Å². The molecule has 7 heteroatoms. The number of allylic oxidation sites excluding steroid dienone is 1. The number of nitrogens with one attached hydrogen (secondary N) is 1.